The second-order valence-electron chi connectivity index (χ2n) is 7.48. The molecular weight excluding hydrogens is 470 g/mol. The topological polar surface area (TPSA) is 248 Å². The molecule has 35 heavy (non-hydrogen) atoms. The van der Waals surface area contributed by atoms with E-state index in [0.29, 0.717) is 12.5 Å². The fraction of sp³-hybridized carbons (Fsp3) is 0.550. The summed E-state index contributed by atoms with van der Waals surface area (Å²) in [5.41, 5.74) is 10.7. The highest BCUT2D eigenvalue weighted by atomic mass is 16.4. The number of carbonyl (C=O) groups excluding carboxylic acids is 2. The molecule has 0 saturated heterocycles. The number of amides is 2. The molecule has 0 aromatic rings. The monoisotopic (exact) mass is 503 g/mol. The highest BCUT2D eigenvalue weighted by Crippen LogP contribution is 2.09. The summed E-state index contributed by atoms with van der Waals surface area (Å²) in [7, 11) is 0. The molecule has 0 radical (unpaired) electrons. The van der Waals surface area contributed by atoms with Crippen molar-refractivity contribution in [3.8, 4) is 0 Å². The van der Waals surface area contributed by atoms with Crippen molar-refractivity contribution < 1.29 is 49.5 Å². The SMILES string of the molecule is NC(=O)C(CC=CO)N(CCN(CCN(CC(=O)O)C(CC=CO)C(N)=O)CC(=O)O)CC(=O)O. The van der Waals surface area contributed by atoms with Gasteiger partial charge in [0.2, 0.25) is 11.8 Å². The second kappa shape index (κ2) is 16.9. The number of aliphatic hydroxyl groups is 2. The first-order valence-electron chi connectivity index (χ1n) is 10.5. The Morgan fingerprint density at radius 1 is 0.629 bits per heavy atom. The molecular formula is C20H33N5O10. The maximum absolute atomic E-state index is 11.8. The molecule has 15 heteroatoms. The van der Waals surface area contributed by atoms with Crippen LogP contribution in [0.1, 0.15) is 12.8 Å². The van der Waals surface area contributed by atoms with Crippen LogP contribution in [0.4, 0.5) is 0 Å². The smallest absolute Gasteiger partial charge is 0.317 e. The number of nitrogens with two attached hydrogens (primary N) is 2. The fourth-order valence-corrected chi connectivity index (χ4v) is 3.31. The Hall–Kier alpha value is -3.69. The molecule has 0 saturated carbocycles. The molecule has 0 aliphatic carbocycles. The Morgan fingerprint density at radius 3 is 1.23 bits per heavy atom. The molecule has 0 aliphatic rings. The van der Waals surface area contributed by atoms with Crippen molar-refractivity contribution >= 4 is 29.7 Å². The summed E-state index contributed by atoms with van der Waals surface area (Å²) in [6.45, 7) is -1.98. The quantitative estimate of drug-likeness (QED) is 0.0870. The molecule has 0 spiro atoms. The molecule has 0 aliphatic heterocycles. The molecule has 198 valence electrons. The van der Waals surface area contributed by atoms with Gasteiger partial charge in [-0.2, -0.15) is 0 Å². The molecule has 0 aromatic carbocycles. The summed E-state index contributed by atoms with van der Waals surface area (Å²) in [4.78, 5) is 61.4. The lowest BCUT2D eigenvalue weighted by Gasteiger charge is -2.32. The van der Waals surface area contributed by atoms with Crippen molar-refractivity contribution in [3.63, 3.8) is 0 Å². The van der Waals surface area contributed by atoms with Crippen LogP contribution in [0, 0.1) is 0 Å². The van der Waals surface area contributed by atoms with Gasteiger partial charge >= 0.3 is 17.9 Å². The number of hydrogen-bond donors (Lipinski definition) is 7. The molecule has 15 nitrogen and oxygen atoms in total. The third-order valence-corrected chi connectivity index (χ3v) is 4.91. The number of aliphatic carboxylic acids is 3. The van der Waals surface area contributed by atoms with Crippen LogP contribution in [-0.2, 0) is 24.0 Å². The third-order valence-electron chi connectivity index (χ3n) is 4.91. The number of primary amides is 2. The molecule has 0 rings (SSSR count). The first kappa shape index (κ1) is 31.3. The number of rotatable bonds is 20. The Labute approximate surface area is 201 Å². The van der Waals surface area contributed by atoms with Gasteiger partial charge in [-0.15, -0.1) is 0 Å². The molecule has 0 aromatic heterocycles. The average Bonchev–Trinajstić information content (AvgIpc) is 2.73. The van der Waals surface area contributed by atoms with E-state index in [0.717, 1.165) is 0 Å². The predicted octanol–water partition coefficient (Wildman–Crippen LogP) is -2.22. The number of carbonyl (C=O) groups is 5. The number of hydrogen-bond acceptors (Lipinski definition) is 10. The van der Waals surface area contributed by atoms with Gasteiger partial charge in [-0.25, -0.2) is 0 Å². The largest absolute Gasteiger partial charge is 0.516 e. The lowest BCUT2D eigenvalue weighted by Crippen LogP contribution is -2.52. The van der Waals surface area contributed by atoms with E-state index in [-0.39, 0.29) is 39.0 Å². The van der Waals surface area contributed by atoms with E-state index in [4.69, 9.17) is 21.7 Å². The highest BCUT2D eigenvalue weighted by molar-refractivity contribution is 5.81. The van der Waals surface area contributed by atoms with Crippen molar-refractivity contribution in [1.82, 2.24) is 14.7 Å². The van der Waals surface area contributed by atoms with Gasteiger partial charge in [0.25, 0.3) is 0 Å². The van der Waals surface area contributed by atoms with Gasteiger partial charge in [0.15, 0.2) is 0 Å². The average molecular weight is 504 g/mol. The molecule has 2 unspecified atom stereocenters. The lowest BCUT2D eigenvalue weighted by molar-refractivity contribution is -0.141. The van der Waals surface area contributed by atoms with E-state index in [1.54, 1.807) is 0 Å². The van der Waals surface area contributed by atoms with E-state index in [9.17, 15) is 39.3 Å². The van der Waals surface area contributed by atoms with Crippen molar-refractivity contribution in [1.29, 1.82) is 0 Å². The summed E-state index contributed by atoms with van der Waals surface area (Å²) in [6, 6.07) is -2.18. The number of carboxylic acids is 3. The van der Waals surface area contributed by atoms with Crippen molar-refractivity contribution in [2.45, 2.75) is 24.9 Å². The molecule has 9 N–H and O–H groups in total. The lowest BCUT2D eigenvalue weighted by atomic mass is 10.1. The van der Waals surface area contributed by atoms with E-state index in [1.807, 2.05) is 0 Å². The summed E-state index contributed by atoms with van der Waals surface area (Å²) in [5, 5.41) is 45.4. The fourth-order valence-electron chi connectivity index (χ4n) is 3.31. The Bertz CT molecular complexity index is 732. The van der Waals surface area contributed by atoms with Crippen molar-refractivity contribution in [2.75, 3.05) is 45.8 Å². The van der Waals surface area contributed by atoms with E-state index in [1.165, 1.54) is 26.9 Å². The van der Waals surface area contributed by atoms with Gasteiger partial charge in [0.1, 0.15) is 0 Å². The normalized spacial score (nSPS) is 13.6. The highest BCUT2D eigenvalue weighted by Gasteiger charge is 2.28. The van der Waals surface area contributed by atoms with Gasteiger partial charge in [-0.3, -0.25) is 38.7 Å². The Morgan fingerprint density at radius 2 is 0.971 bits per heavy atom. The zero-order valence-corrected chi connectivity index (χ0v) is 19.1. The van der Waals surface area contributed by atoms with Gasteiger partial charge in [-0.05, 0) is 25.0 Å². The molecule has 0 bridgehead atoms. The molecule has 2 amide bonds. The van der Waals surface area contributed by atoms with Gasteiger partial charge in [0.05, 0.1) is 44.2 Å². The summed E-state index contributed by atoms with van der Waals surface area (Å²) < 4.78 is 0. The van der Waals surface area contributed by atoms with Crippen LogP contribution in [0.15, 0.2) is 24.7 Å². The third kappa shape index (κ3) is 13.6. The van der Waals surface area contributed by atoms with E-state index < -0.39 is 61.4 Å². The van der Waals surface area contributed by atoms with E-state index >= 15 is 0 Å². The van der Waals surface area contributed by atoms with Crippen LogP contribution < -0.4 is 11.5 Å². The summed E-state index contributed by atoms with van der Waals surface area (Å²) >= 11 is 0. The first-order chi connectivity index (χ1) is 16.4. The Kier molecular flexibility index (Phi) is 15.1. The van der Waals surface area contributed by atoms with Gasteiger partial charge in [0, 0.05) is 26.2 Å². The maximum Gasteiger partial charge on any atom is 0.317 e. The minimum Gasteiger partial charge on any atom is -0.516 e. The minimum absolute atomic E-state index is 0.0507. The zero-order chi connectivity index (χ0) is 27.0. The van der Waals surface area contributed by atoms with Crippen LogP contribution in [0.3, 0.4) is 0 Å². The number of carboxylic acid groups (broad SMARTS) is 3. The van der Waals surface area contributed by atoms with Gasteiger partial charge < -0.3 is 37.0 Å². The summed E-state index contributed by atoms with van der Waals surface area (Å²) in [6.07, 6.45) is 3.64. The molecule has 2 atom stereocenters. The summed E-state index contributed by atoms with van der Waals surface area (Å²) in [5.74, 6) is -5.43. The van der Waals surface area contributed by atoms with Crippen LogP contribution in [0.25, 0.3) is 0 Å². The van der Waals surface area contributed by atoms with Crippen LogP contribution in [0.5, 0.6) is 0 Å². The van der Waals surface area contributed by atoms with Crippen LogP contribution >= 0.6 is 0 Å². The van der Waals surface area contributed by atoms with Crippen LogP contribution in [0.2, 0.25) is 0 Å². The van der Waals surface area contributed by atoms with Gasteiger partial charge in [-0.1, -0.05) is 0 Å². The first-order valence-corrected chi connectivity index (χ1v) is 10.5. The predicted molar refractivity (Wildman–Crippen MR) is 121 cm³/mol. The van der Waals surface area contributed by atoms with E-state index in [2.05, 4.69) is 0 Å². The maximum atomic E-state index is 11.8. The van der Waals surface area contributed by atoms with Crippen molar-refractivity contribution in [3.05, 3.63) is 24.7 Å². The molecule has 0 heterocycles. The zero-order valence-electron chi connectivity index (χ0n) is 19.1. The standard InChI is InChI=1S/C20H33N5O10/c21-19(34)14(3-1-9-26)24(12-17(30)31)7-5-23(11-16(28)29)6-8-25(13-18(32)33)15(20(22)35)4-2-10-27/h1-2,9-10,14-15,26-27H,3-8,11-13H2,(H2,21,34)(H2,22,35)(H,28,29)(H,30,31)(H,32,33). The Balaban J connectivity index is 5.61. The van der Waals surface area contributed by atoms with Crippen molar-refractivity contribution in [2.24, 2.45) is 11.5 Å². The number of aliphatic hydroxyl groups excluding tert-OH is 2. The number of nitrogens with zero attached hydrogens (tertiary/aromatic N) is 3. The molecule has 0 fully saturated rings. The second-order valence-corrected chi connectivity index (χ2v) is 7.48. The minimum atomic E-state index is -1.26. The van der Waals surface area contributed by atoms with Crippen LogP contribution in [-0.4, -0.2) is 128 Å².